The van der Waals surface area contributed by atoms with Crippen LogP contribution < -0.4 is 10.6 Å². The number of aliphatic carboxylic acids is 1. The Hall–Kier alpha value is -1.96. The van der Waals surface area contributed by atoms with Crippen LogP contribution in [-0.4, -0.2) is 23.1 Å². The van der Waals surface area contributed by atoms with Gasteiger partial charge in [0.2, 0.25) is 0 Å². The summed E-state index contributed by atoms with van der Waals surface area (Å²) in [5.74, 6) is -1.30. The number of alkyl halides is 3. The van der Waals surface area contributed by atoms with Crippen molar-refractivity contribution < 1.29 is 27.9 Å². The molecule has 0 bridgehead atoms. The molecule has 0 aromatic heterocycles. The van der Waals surface area contributed by atoms with Crippen molar-refractivity contribution in [3.05, 3.63) is 28.8 Å². The van der Waals surface area contributed by atoms with Gasteiger partial charge in [0.05, 0.1) is 17.2 Å². The first kappa shape index (κ1) is 18.4. The maximum absolute atomic E-state index is 12.9. The molecule has 2 amide bonds. The molecule has 9 heteroatoms. The van der Waals surface area contributed by atoms with Gasteiger partial charge in [0.25, 0.3) is 0 Å². The normalized spacial score (nSPS) is 21.2. The number of rotatable bonds is 3. The Morgan fingerprint density at radius 1 is 1.17 bits per heavy atom. The minimum absolute atomic E-state index is 0.0697. The Bertz CT molecular complexity index is 629. The summed E-state index contributed by atoms with van der Waals surface area (Å²) in [5, 5.41) is 13.7. The molecule has 1 aromatic carbocycles. The predicted octanol–water partition coefficient (Wildman–Crippen LogP) is 4.12. The predicted molar refractivity (Wildman–Crippen MR) is 82.0 cm³/mol. The van der Waals surface area contributed by atoms with E-state index in [0.717, 1.165) is 18.2 Å². The fraction of sp³-hybridized carbons (Fsp3) is 0.467. The molecule has 0 heterocycles. The minimum atomic E-state index is -4.62. The lowest BCUT2D eigenvalue weighted by Crippen LogP contribution is -2.41. The van der Waals surface area contributed by atoms with Gasteiger partial charge in [-0.3, -0.25) is 4.79 Å². The lowest BCUT2D eigenvalue weighted by Gasteiger charge is -2.27. The van der Waals surface area contributed by atoms with Crippen LogP contribution >= 0.6 is 11.6 Å². The molecule has 0 radical (unpaired) electrons. The van der Waals surface area contributed by atoms with Gasteiger partial charge in [0, 0.05) is 11.1 Å². The van der Waals surface area contributed by atoms with Gasteiger partial charge in [-0.25, -0.2) is 4.79 Å². The standard InChI is InChI=1S/C15H16ClF3N2O3/c16-9-3-6-11(15(17,18)19)12(7-9)21-14(24)20-10-4-1-8(2-5-10)13(22)23/h3,6-8,10H,1-2,4-5H2,(H,22,23)(H2,20,21,24). The zero-order valence-electron chi connectivity index (χ0n) is 12.5. The number of hydrogen-bond acceptors (Lipinski definition) is 2. The molecule has 0 aliphatic heterocycles. The van der Waals surface area contributed by atoms with Crippen LogP contribution in [0.2, 0.25) is 5.02 Å². The summed E-state index contributed by atoms with van der Waals surface area (Å²) < 4.78 is 38.8. The molecule has 1 aliphatic carbocycles. The molecular formula is C15H16ClF3N2O3. The van der Waals surface area contributed by atoms with E-state index in [0.29, 0.717) is 25.7 Å². The average molecular weight is 365 g/mol. The zero-order valence-corrected chi connectivity index (χ0v) is 13.2. The molecule has 0 spiro atoms. The van der Waals surface area contributed by atoms with Crippen molar-refractivity contribution in [2.45, 2.75) is 37.9 Å². The first-order chi connectivity index (χ1) is 11.2. The molecule has 3 N–H and O–H groups in total. The van der Waals surface area contributed by atoms with Crippen molar-refractivity contribution in [2.75, 3.05) is 5.32 Å². The molecular weight excluding hydrogens is 349 g/mol. The molecule has 132 valence electrons. The number of nitrogens with one attached hydrogen (secondary N) is 2. The number of benzene rings is 1. The van der Waals surface area contributed by atoms with E-state index < -0.39 is 35.3 Å². The largest absolute Gasteiger partial charge is 0.481 e. The van der Waals surface area contributed by atoms with Crippen molar-refractivity contribution in [2.24, 2.45) is 5.92 Å². The van der Waals surface area contributed by atoms with E-state index in [4.69, 9.17) is 16.7 Å². The van der Waals surface area contributed by atoms with Crippen LogP contribution in [0.1, 0.15) is 31.2 Å². The van der Waals surface area contributed by atoms with Crippen LogP contribution in [-0.2, 0) is 11.0 Å². The van der Waals surface area contributed by atoms with Crippen LogP contribution in [0.3, 0.4) is 0 Å². The van der Waals surface area contributed by atoms with Gasteiger partial charge in [-0.05, 0) is 43.9 Å². The summed E-state index contributed by atoms with van der Waals surface area (Å²) in [6.45, 7) is 0. The summed E-state index contributed by atoms with van der Waals surface area (Å²) in [4.78, 5) is 22.8. The molecule has 1 saturated carbocycles. The van der Waals surface area contributed by atoms with E-state index in [1.165, 1.54) is 0 Å². The molecule has 24 heavy (non-hydrogen) atoms. The summed E-state index contributed by atoms with van der Waals surface area (Å²) in [5.41, 5.74) is -1.41. The van der Waals surface area contributed by atoms with Gasteiger partial charge in [0.1, 0.15) is 0 Å². The number of hydrogen-bond donors (Lipinski definition) is 3. The van der Waals surface area contributed by atoms with Crippen LogP contribution in [0.15, 0.2) is 18.2 Å². The van der Waals surface area contributed by atoms with Gasteiger partial charge >= 0.3 is 18.2 Å². The summed E-state index contributed by atoms with van der Waals surface area (Å²) in [6.07, 6.45) is -2.85. The fourth-order valence-corrected chi connectivity index (χ4v) is 2.87. The SMILES string of the molecule is O=C(Nc1cc(Cl)ccc1C(F)(F)F)NC1CCC(C(=O)O)CC1. The second-order valence-electron chi connectivity index (χ2n) is 5.67. The fourth-order valence-electron chi connectivity index (χ4n) is 2.70. The molecule has 0 saturated heterocycles. The van der Waals surface area contributed by atoms with Crippen molar-refractivity contribution in [1.29, 1.82) is 0 Å². The molecule has 1 fully saturated rings. The van der Waals surface area contributed by atoms with Crippen LogP contribution in [0.5, 0.6) is 0 Å². The van der Waals surface area contributed by atoms with Gasteiger partial charge in [-0.2, -0.15) is 13.2 Å². The third kappa shape index (κ3) is 4.77. The Balaban J connectivity index is 1.98. The maximum atomic E-state index is 12.9. The van der Waals surface area contributed by atoms with E-state index in [1.54, 1.807) is 0 Å². The van der Waals surface area contributed by atoms with Gasteiger partial charge in [0.15, 0.2) is 0 Å². The Morgan fingerprint density at radius 3 is 2.33 bits per heavy atom. The van der Waals surface area contributed by atoms with E-state index in [1.807, 2.05) is 0 Å². The van der Waals surface area contributed by atoms with Crippen molar-refractivity contribution >= 4 is 29.3 Å². The van der Waals surface area contributed by atoms with Crippen molar-refractivity contribution in [3.8, 4) is 0 Å². The minimum Gasteiger partial charge on any atom is -0.481 e. The molecule has 0 unspecified atom stereocenters. The first-order valence-electron chi connectivity index (χ1n) is 7.34. The molecule has 2 rings (SSSR count). The molecule has 0 atom stereocenters. The number of carbonyl (C=O) groups excluding carboxylic acids is 1. The van der Waals surface area contributed by atoms with Gasteiger partial charge in [-0.1, -0.05) is 11.6 Å². The summed E-state index contributed by atoms with van der Waals surface area (Å²) in [7, 11) is 0. The van der Waals surface area contributed by atoms with Crippen LogP contribution in [0, 0.1) is 5.92 Å². The third-order valence-electron chi connectivity index (χ3n) is 3.95. The number of halogens is 4. The summed E-state index contributed by atoms with van der Waals surface area (Å²) in [6, 6.07) is 1.89. The Kier molecular flexibility index (Phi) is 5.58. The zero-order chi connectivity index (χ0) is 17.9. The van der Waals surface area contributed by atoms with E-state index >= 15 is 0 Å². The van der Waals surface area contributed by atoms with Gasteiger partial charge < -0.3 is 15.7 Å². The van der Waals surface area contributed by atoms with Crippen molar-refractivity contribution in [1.82, 2.24) is 5.32 Å². The van der Waals surface area contributed by atoms with Crippen LogP contribution in [0.25, 0.3) is 0 Å². The van der Waals surface area contributed by atoms with E-state index in [-0.39, 0.29) is 11.1 Å². The lowest BCUT2D eigenvalue weighted by atomic mass is 9.86. The smallest absolute Gasteiger partial charge is 0.418 e. The monoisotopic (exact) mass is 364 g/mol. The number of carboxylic acids is 1. The number of amides is 2. The number of anilines is 1. The highest BCUT2D eigenvalue weighted by molar-refractivity contribution is 6.31. The number of carbonyl (C=O) groups is 2. The first-order valence-corrected chi connectivity index (χ1v) is 7.71. The van der Waals surface area contributed by atoms with Crippen LogP contribution in [0.4, 0.5) is 23.7 Å². The topological polar surface area (TPSA) is 78.4 Å². The average Bonchev–Trinajstić information content (AvgIpc) is 2.46. The summed E-state index contributed by atoms with van der Waals surface area (Å²) >= 11 is 5.69. The highest BCUT2D eigenvalue weighted by Crippen LogP contribution is 2.36. The Labute approximate surface area is 141 Å². The number of urea groups is 1. The number of carboxylic acid groups (broad SMARTS) is 1. The quantitative estimate of drug-likeness (QED) is 0.754. The third-order valence-corrected chi connectivity index (χ3v) is 4.18. The second-order valence-corrected chi connectivity index (χ2v) is 6.11. The Morgan fingerprint density at radius 2 is 1.79 bits per heavy atom. The second kappa shape index (κ2) is 7.29. The molecule has 1 aromatic rings. The van der Waals surface area contributed by atoms with E-state index in [9.17, 15) is 22.8 Å². The maximum Gasteiger partial charge on any atom is 0.418 e. The molecule has 5 nitrogen and oxygen atoms in total. The van der Waals surface area contributed by atoms with Crippen molar-refractivity contribution in [3.63, 3.8) is 0 Å². The molecule has 1 aliphatic rings. The highest BCUT2D eigenvalue weighted by Gasteiger charge is 2.34. The van der Waals surface area contributed by atoms with E-state index in [2.05, 4.69) is 10.6 Å². The van der Waals surface area contributed by atoms with Gasteiger partial charge in [-0.15, -0.1) is 0 Å². The highest BCUT2D eigenvalue weighted by atomic mass is 35.5. The lowest BCUT2D eigenvalue weighted by molar-refractivity contribution is -0.143.